The van der Waals surface area contributed by atoms with Gasteiger partial charge < -0.3 is 5.11 Å². The monoisotopic (exact) mass is 332 g/mol. The lowest BCUT2D eigenvalue weighted by molar-refractivity contribution is 0.0576. The van der Waals surface area contributed by atoms with Gasteiger partial charge in [-0.3, -0.25) is 0 Å². The Labute approximate surface area is 129 Å². The standard InChI is InChI=1S/C18H21BrO/c1-13(2)15-6-8-16(9-7-15)18(3,20)12-14-4-10-17(19)11-5-14/h4-11,13,20H,12H2,1-3H3. The maximum Gasteiger partial charge on any atom is 0.0908 e. The largest absolute Gasteiger partial charge is 0.385 e. The van der Waals surface area contributed by atoms with Gasteiger partial charge in [-0.2, -0.15) is 0 Å². The van der Waals surface area contributed by atoms with Crippen LogP contribution in [0.25, 0.3) is 0 Å². The molecule has 1 unspecified atom stereocenters. The first-order valence-electron chi connectivity index (χ1n) is 6.96. The van der Waals surface area contributed by atoms with Crippen LogP contribution in [0.5, 0.6) is 0 Å². The van der Waals surface area contributed by atoms with Crippen LogP contribution in [0.4, 0.5) is 0 Å². The van der Waals surface area contributed by atoms with E-state index in [4.69, 9.17) is 0 Å². The molecule has 0 radical (unpaired) electrons. The number of aliphatic hydroxyl groups is 1. The predicted molar refractivity (Wildman–Crippen MR) is 87.9 cm³/mol. The molecule has 1 N–H and O–H groups in total. The molecule has 0 saturated carbocycles. The molecule has 0 bridgehead atoms. The minimum Gasteiger partial charge on any atom is -0.385 e. The minimum atomic E-state index is -0.844. The highest BCUT2D eigenvalue weighted by atomic mass is 79.9. The highest BCUT2D eigenvalue weighted by Crippen LogP contribution is 2.27. The van der Waals surface area contributed by atoms with Gasteiger partial charge in [0.25, 0.3) is 0 Å². The minimum absolute atomic E-state index is 0.514. The fourth-order valence-electron chi connectivity index (χ4n) is 2.33. The zero-order valence-electron chi connectivity index (χ0n) is 12.2. The molecule has 2 aromatic carbocycles. The summed E-state index contributed by atoms with van der Waals surface area (Å²) in [5, 5.41) is 10.7. The quantitative estimate of drug-likeness (QED) is 0.833. The summed E-state index contributed by atoms with van der Waals surface area (Å²) in [5.41, 5.74) is 2.55. The van der Waals surface area contributed by atoms with Crippen molar-refractivity contribution in [3.05, 3.63) is 69.7 Å². The Morgan fingerprint density at radius 2 is 1.55 bits per heavy atom. The smallest absolute Gasteiger partial charge is 0.0908 e. The highest BCUT2D eigenvalue weighted by molar-refractivity contribution is 9.10. The van der Waals surface area contributed by atoms with Crippen LogP contribution in [0.1, 0.15) is 43.4 Å². The summed E-state index contributed by atoms with van der Waals surface area (Å²) >= 11 is 3.43. The molecule has 1 nitrogen and oxygen atoms in total. The number of benzene rings is 2. The van der Waals surface area contributed by atoms with Crippen molar-refractivity contribution in [2.24, 2.45) is 0 Å². The van der Waals surface area contributed by atoms with Crippen molar-refractivity contribution in [1.82, 2.24) is 0 Å². The van der Waals surface area contributed by atoms with Gasteiger partial charge in [-0.25, -0.2) is 0 Å². The van der Waals surface area contributed by atoms with E-state index in [0.717, 1.165) is 15.6 Å². The van der Waals surface area contributed by atoms with E-state index in [1.54, 1.807) is 0 Å². The SMILES string of the molecule is CC(C)c1ccc(C(C)(O)Cc2ccc(Br)cc2)cc1. The Hall–Kier alpha value is -1.12. The van der Waals surface area contributed by atoms with Gasteiger partial charge in [0.05, 0.1) is 5.60 Å². The van der Waals surface area contributed by atoms with Crippen molar-refractivity contribution < 1.29 is 5.11 Å². The van der Waals surface area contributed by atoms with Crippen LogP contribution in [0.2, 0.25) is 0 Å². The maximum atomic E-state index is 10.7. The fourth-order valence-corrected chi connectivity index (χ4v) is 2.59. The number of rotatable bonds is 4. The van der Waals surface area contributed by atoms with E-state index in [0.29, 0.717) is 12.3 Å². The zero-order valence-corrected chi connectivity index (χ0v) is 13.8. The second-order valence-electron chi connectivity index (χ2n) is 5.85. The second kappa shape index (κ2) is 6.11. The third-order valence-electron chi connectivity index (χ3n) is 3.66. The zero-order chi connectivity index (χ0) is 14.8. The summed E-state index contributed by atoms with van der Waals surface area (Å²) in [4.78, 5) is 0. The van der Waals surface area contributed by atoms with Gasteiger partial charge in [0.1, 0.15) is 0 Å². The lowest BCUT2D eigenvalue weighted by Gasteiger charge is -2.24. The third-order valence-corrected chi connectivity index (χ3v) is 4.19. The Kier molecular flexibility index (Phi) is 4.66. The van der Waals surface area contributed by atoms with Crippen molar-refractivity contribution in [1.29, 1.82) is 0 Å². The van der Waals surface area contributed by atoms with Crippen LogP contribution >= 0.6 is 15.9 Å². The fraction of sp³-hybridized carbons (Fsp3) is 0.333. The molecular weight excluding hydrogens is 312 g/mol. The van der Waals surface area contributed by atoms with E-state index in [1.807, 2.05) is 43.3 Å². The normalized spacial score (nSPS) is 14.3. The van der Waals surface area contributed by atoms with Crippen LogP contribution in [0.15, 0.2) is 53.0 Å². The summed E-state index contributed by atoms with van der Waals surface area (Å²) in [6.07, 6.45) is 0.612. The Morgan fingerprint density at radius 1 is 1.00 bits per heavy atom. The highest BCUT2D eigenvalue weighted by Gasteiger charge is 2.23. The van der Waals surface area contributed by atoms with Crippen molar-refractivity contribution in [2.45, 2.75) is 38.7 Å². The Bertz CT molecular complexity index is 553. The van der Waals surface area contributed by atoms with Crippen LogP contribution < -0.4 is 0 Å². The van der Waals surface area contributed by atoms with E-state index in [-0.39, 0.29) is 0 Å². The number of halogens is 1. The number of hydrogen-bond acceptors (Lipinski definition) is 1. The first-order valence-corrected chi connectivity index (χ1v) is 7.75. The molecule has 2 aromatic rings. The van der Waals surface area contributed by atoms with Crippen LogP contribution in [0.3, 0.4) is 0 Å². The van der Waals surface area contributed by atoms with E-state index >= 15 is 0 Å². The molecule has 2 rings (SSSR count). The average Bonchev–Trinajstić information content (AvgIpc) is 2.41. The molecule has 20 heavy (non-hydrogen) atoms. The van der Waals surface area contributed by atoms with Crippen LogP contribution in [0, 0.1) is 0 Å². The van der Waals surface area contributed by atoms with Crippen LogP contribution in [-0.2, 0) is 12.0 Å². The molecule has 106 valence electrons. The maximum absolute atomic E-state index is 10.7. The molecule has 0 fully saturated rings. The Morgan fingerprint density at radius 3 is 2.05 bits per heavy atom. The summed E-state index contributed by atoms with van der Waals surface area (Å²) < 4.78 is 1.06. The van der Waals surface area contributed by atoms with Gasteiger partial charge in [-0.15, -0.1) is 0 Å². The first-order chi connectivity index (χ1) is 9.38. The molecule has 0 aliphatic carbocycles. The van der Waals surface area contributed by atoms with Crippen molar-refractivity contribution in [3.8, 4) is 0 Å². The lowest BCUT2D eigenvalue weighted by Crippen LogP contribution is -2.24. The first kappa shape index (κ1) is 15.3. The lowest BCUT2D eigenvalue weighted by atomic mass is 9.88. The van der Waals surface area contributed by atoms with Gasteiger partial charge in [0, 0.05) is 10.9 Å². The molecule has 1 atom stereocenters. The Balaban J connectivity index is 2.18. The summed E-state index contributed by atoms with van der Waals surface area (Å²) in [6, 6.07) is 16.4. The van der Waals surface area contributed by atoms with Gasteiger partial charge >= 0.3 is 0 Å². The van der Waals surface area contributed by atoms with E-state index in [1.165, 1.54) is 5.56 Å². The van der Waals surface area contributed by atoms with Gasteiger partial charge in [-0.1, -0.05) is 66.2 Å². The molecule has 0 amide bonds. The van der Waals surface area contributed by atoms with E-state index in [9.17, 15) is 5.11 Å². The molecular formula is C18H21BrO. The molecule has 0 aliphatic heterocycles. The second-order valence-corrected chi connectivity index (χ2v) is 6.77. The number of hydrogen-bond donors (Lipinski definition) is 1. The topological polar surface area (TPSA) is 20.2 Å². The third kappa shape index (κ3) is 3.71. The van der Waals surface area contributed by atoms with Crippen molar-refractivity contribution in [2.75, 3.05) is 0 Å². The molecule has 2 heteroatoms. The molecule has 0 aliphatic rings. The van der Waals surface area contributed by atoms with Crippen LogP contribution in [-0.4, -0.2) is 5.11 Å². The summed E-state index contributed by atoms with van der Waals surface area (Å²) in [7, 11) is 0. The van der Waals surface area contributed by atoms with Crippen molar-refractivity contribution in [3.63, 3.8) is 0 Å². The average molecular weight is 333 g/mol. The summed E-state index contributed by atoms with van der Waals surface area (Å²) in [5.74, 6) is 0.514. The molecule has 0 aromatic heterocycles. The molecule has 0 heterocycles. The molecule has 0 spiro atoms. The van der Waals surface area contributed by atoms with Crippen molar-refractivity contribution >= 4 is 15.9 Å². The van der Waals surface area contributed by atoms with E-state index in [2.05, 4.69) is 41.9 Å². The molecule has 0 saturated heterocycles. The summed E-state index contributed by atoms with van der Waals surface area (Å²) in [6.45, 7) is 6.23. The van der Waals surface area contributed by atoms with Gasteiger partial charge in [0.2, 0.25) is 0 Å². The van der Waals surface area contributed by atoms with E-state index < -0.39 is 5.60 Å². The van der Waals surface area contributed by atoms with Gasteiger partial charge in [-0.05, 0) is 41.7 Å². The predicted octanol–water partition coefficient (Wildman–Crippen LogP) is 5.02. The van der Waals surface area contributed by atoms with Gasteiger partial charge in [0.15, 0.2) is 0 Å².